The van der Waals surface area contributed by atoms with Crippen molar-refractivity contribution in [3.63, 3.8) is 0 Å². The summed E-state index contributed by atoms with van der Waals surface area (Å²) in [7, 11) is 3.41. The third kappa shape index (κ3) is 1.62. The molecule has 0 N–H and O–H groups in total. The zero-order valence-corrected chi connectivity index (χ0v) is 6.77. The standard InChI is InChI=1S/C7H10OSi/c1-5-3-4-7(9)6(2)8-5/h5-6H,3H2,1-2H3/q+1. The molecule has 1 nitrogen and oxygen atoms in total. The van der Waals surface area contributed by atoms with Gasteiger partial charge < -0.3 is 4.74 Å². The van der Waals surface area contributed by atoms with E-state index in [1.165, 1.54) is 0 Å². The zero-order valence-electron chi connectivity index (χ0n) is 5.77. The first kappa shape index (κ1) is 6.94. The van der Waals surface area contributed by atoms with Crippen molar-refractivity contribution in [2.24, 2.45) is 0 Å². The fourth-order valence-electron chi connectivity index (χ4n) is 0.862. The van der Waals surface area contributed by atoms with Crippen molar-refractivity contribution in [3.05, 3.63) is 11.3 Å². The van der Waals surface area contributed by atoms with Crippen LogP contribution >= 0.6 is 0 Å². The molecule has 0 fully saturated rings. The van der Waals surface area contributed by atoms with Gasteiger partial charge in [0.05, 0.1) is 0 Å². The minimum atomic E-state index is 0.199. The molecule has 1 aliphatic heterocycles. The topological polar surface area (TPSA) is 9.23 Å². The smallest absolute Gasteiger partial charge is 0.220 e. The van der Waals surface area contributed by atoms with E-state index in [1.807, 2.05) is 6.92 Å². The molecule has 1 aliphatic rings. The molecule has 1 rings (SSSR count). The van der Waals surface area contributed by atoms with Gasteiger partial charge in [-0.05, 0) is 13.8 Å². The van der Waals surface area contributed by atoms with Gasteiger partial charge in [0.25, 0.3) is 0 Å². The summed E-state index contributed by atoms with van der Waals surface area (Å²) in [4.78, 5) is 0. The van der Waals surface area contributed by atoms with Gasteiger partial charge in [-0.1, -0.05) is 0 Å². The molecular formula is C7H10OSi+. The Kier molecular flexibility index (Phi) is 2.01. The molecule has 0 aromatic carbocycles. The lowest BCUT2D eigenvalue weighted by Gasteiger charge is -2.15. The monoisotopic (exact) mass is 138 g/mol. The lowest BCUT2D eigenvalue weighted by molar-refractivity contribution is 0.0225. The molecule has 0 bridgehead atoms. The van der Waals surface area contributed by atoms with Crippen LogP contribution in [-0.4, -0.2) is 22.5 Å². The van der Waals surface area contributed by atoms with Gasteiger partial charge in [0.15, 0.2) is 21.9 Å². The molecule has 2 unspecified atom stereocenters. The van der Waals surface area contributed by atoms with E-state index < -0.39 is 0 Å². The van der Waals surface area contributed by atoms with E-state index in [0.29, 0.717) is 6.10 Å². The molecule has 0 saturated heterocycles. The minimum absolute atomic E-state index is 0.199. The number of hydrogen-bond acceptors (Lipinski definition) is 1. The quantitative estimate of drug-likeness (QED) is 0.359. The summed E-state index contributed by atoms with van der Waals surface area (Å²) >= 11 is 0. The molecule has 0 aromatic heterocycles. The summed E-state index contributed by atoms with van der Waals surface area (Å²) in [5, 5.41) is 1.05. The first-order valence-electron chi connectivity index (χ1n) is 3.18. The Bertz CT molecular complexity index is 131. The molecule has 0 spiro atoms. The van der Waals surface area contributed by atoms with E-state index in [4.69, 9.17) is 4.74 Å². The van der Waals surface area contributed by atoms with E-state index in [9.17, 15) is 0 Å². The first-order chi connectivity index (χ1) is 4.20. The van der Waals surface area contributed by atoms with Crippen molar-refractivity contribution < 1.29 is 4.74 Å². The first-order valence-corrected chi connectivity index (χ1v) is 3.68. The van der Waals surface area contributed by atoms with Crippen molar-refractivity contribution in [1.82, 2.24) is 0 Å². The van der Waals surface area contributed by atoms with Crippen LogP contribution in [-0.2, 0) is 4.74 Å². The lowest BCUT2D eigenvalue weighted by Crippen LogP contribution is -2.23. The largest absolute Gasteiger partial charge is 0.362 e. The SMILES string of the molecule is CC1C[C+]=C([Si])C(C)O1. The molecule has 0 saturated carbocycles. The van der Waals surface area contributed by atoms with Gasteiger partial charge in [0.2, 0.25) is 6.08 Å². The molecule has 2 atom stereocenters. The van der Waals surface area contributed by atoms with E-state index in [0.717, 1.165) is 11.6 Å². The Balaban J connectivity index is 2.56. The molecule has 0 aliphatic carbocycles. The second kappa shape index (κ2) is 2.61. The Morgan fingerprint density at radius 1 is 1.67 bits per heavy atom. The van der Waals surface area contributed by atoms with E-state index in [1.54, 1.807) is 0 Å². The van der Waals surface area contributed by atoms with Crippen LogP contribution in [0.1, 0.15) is 20.3 Å². The van der Waals surface area contributed by atoms with Crippen molar-refractivity contribution >= 4 is 10.2 Å². The van der Waals surface area contributed by atoms with Gasteiger partial charge in [-0.15, -0.1) is 0 Å². The average molecular weight is 138 g/mol. The summed E-state index contributed by atoms with van der Waals surface area (Å²) in [5.41, 5.74) is 0. The fraction of sp³-hybridized carbons (Fsp3) is 0.714. The van der Waals surface area contributed by atoms with Crippen LogP contribution in [0.5, 0.6) is 0 Å². The van der Waals surface area contributed by atoms with Crippen LogP contribution in [0.4, 0.5) is 0 Å². The Morgan fingerprint density at radius 3 is 2.78 bits per heavy atom. The summed E-state index contributed by atoms with van der Waals surface area (Å²) in [5.74, 6) is 0. The third-order valence-corrected chi connectivity index (χ3v) is 2.01. The number of rotatable bonds is 0. The van der Waals surface area contributed by atoms with E-state index in [-0.39, 0.29) is 6.10 Å². The summed E-state index contributed by atoms with van der Waals surface area (Å²) in [6.07, 6.45) is 4.63. The lowest BCUT2D eigenvalue weighted by atomic mass is 10.2. The Labute approximate surface area is 59.5 Å². The highest BCUT2D eigenvalue weighted by atomic mass is 28.1. The van der Waals surface area contributed by atoms with Crippen molar-refractivity contribution in [2.45, 2.75) is 32.5 Å². The van der Waals surface area contributed by atoms with Crippen LogP contribution in [0.25, 0.3) is 0 Å². The molecule has 0 aromatic rings. The second-order valence-electron chi connectivity index (χ2n) is 2.38. The van der Waals surface area contributed by atoms with Gasteiger partial charge in [-0.2, -0.15) is 0 Å². The van der Waals surface area contributed by atoms with Crippen molar-refractivity contribution in [2.75, 3.05) is 0 Å². The number of hydrogen-bond donors (Lipinski definition) is 0. The fourth-order valence-corrected chi connectivity index (χ4v) is 1.03. The van der Waals surface area contributed by atoms with Crippen LogP contribution in [0.15, 0.2) is 5.20 Å². The van der Waals surface area contributed by atoms with Crippen molar-refractivity contribution in [1.29, 1.82) is 0 Å². The highest BCUT2D eigenvalue weighted by Gasteiger charge is 2.24. The maximum Gasteiger partial charge on any atom is 0.220 e. The molecular weight excluding hydrogens is 128 g/mol. The van der Waals surface area contributed by atoms with Gasteiger partial charge in [0.1, 0.15) is 12.2 Å². The maximum absolute atomic E-state index is 5.45. The van der Waals surface area contributed by atoms with E-state index >= 15 is 0 Å². The Hall–Kier alpha value is -0.173. The summed E-state index contributed by atoms with van der Waals surface area (Å²) in [6.45, 7) is 4.08. The summed E-state index contributed by atoms with van der Waals surface area (Å²) < 4.78 is 5.45. The highest BCUT2D eigenvalue weighted by molar-refractivity contribution is 6.21. The number of ether oxygens (including phenoxy) is 1. The normalized spacial score (nSPS) is 35.2. The van der Waals surface area contributed by atoms with Crippen LogP contribution in [0.3, 0.4) is 0 Å². The zero-order chi connectivity index (χ0) is 6.85. The molecule has 1 heterocycles. The molecule has 47 valence electrons. The molecule has 0 amide bonds. The Morgan fingerprint density at radius 2 is 2.33 bits per heavy atom. The summed E-state index contributed by atoms with van der Waals surface area (Å²) in [6, 6.07) is 0. The van der Waals surface area contributed by atoms with Gasteiger partial charge in [0, 0.05) is 0 Å². The molecule has 9 heavy (non-hydrogen) atoms. The maximum atomic E-state index is 5.45. The van der Waals surface area contributed by atoms with Crippen LogP contribution in [0.2, 0.25) is 0 Å². The van der Waals surface area contributed by atoms with E-state index in [2.05, 4.69) is 23.2 Å². The molecule has 2 heteroatoms. The predicted octanol–water partition coefficient (Wildman–Crippen LogP) is 1.04. The average Bonchev–Trinajstić information content (AvgIpc) is 1.80. The second-order valence-corrected chi connectivity index (χ2v) is 2.92. The third-order valence-electron chi connectivity index (χ3n) is 1.42. The van der Waals surface area contributed by atoms with Gasteiger partial charge in [-0.25, -0.2) is 0 Å². The van der Waals surface area contributed by atoms with Crippen LogP contribution < -0.4 is 0 Å². The van der Waals surface area contributed by atoms with Crippen molar-refractivity contribution in [3.8, 4) is 0 Å². The van der Waals surface area contributed by atoms with Gasteiger partial charge in [-0.3, -0.25) is 0 Å². The highest BCUT2D eigenvalue weighted by Crippen LogP contribution is 2.14. The minimum Gasteiger partial charge on any atom is -0.362 e. The predicted molar refractivity (Wildman–Crippen MR) is 37.1 cm³/mol. The van der Waals surface area contributed by atoms with Gasteiger partial charge >= 0.3 is 0 Å². The van der Waals surface area contributed by atoms with Crippen LogP contribution in [0, 0.1) is 6.08 Å². The molecule has 3 radical (unpaired) electrons.